The molecule has 1 aliphatic rings. The van der Waals surface area contributed by atoms with Gasteiger partial charge in [0.15, 0.2) is 10.9 Å². The fraction of sp³-hybridized carbons (Fsp3) is 0.429. The number of aromatic amines is 1. The van der Waals surface area contributed by atoms with E-state index in [0.29, 0.717) is 36.1 Å². The van der Waals surface area contributed by atoms with Gasteiger partial charge in [-0.2, -0.15) is 5.10 Å². The van der Waals surface area contributed by atoms with Crippen molar-refractivity contribution in [1.82, 2.24) is 20.1 Å². The number of piperidine rings is 1. The molecule has 3 rings (SSSR count). The standard InChI is InChI=1S/C14H16N4O4S/c19-12(18-5-1-2-9(6-18)13(20)21)11-4-3-10(22-11)7-23-14-15-8-16-17-14/h3-4,8-9H,1-2,5-7H2,(H,20,21)(H,15,16,17). The van der Waals surface area contributed by atoms with E-state index >= 15 is 0 Å². The Morgan fingerprint density at radius 3 is 3.09 bits per heavy atom. The van der Waals surface area contributed by atoms with Crippen LogP contribution in [0.25, 0.3) is 0 Å². The van der Waals surface area contributed by atoms with Crippen LogP contribution in [0.15, 0.2) is 28.0 Å². The highest BCUT2D eigenvalue weighted by molar-refractivity contribution is 7.98. The first kappa shape index (κ1) is 15.6. The van der Waals surface area contributed by atoms with Gasteiger partial charge in [0.05, 0.1) is 11.7 Å². The van der Waals surface area contributed by atoms with E-state index in [2.05, 4.69) is 15.2 Å². The highest BCUT2D eigenvalue weighted by atomic mass is 32.2. The normalized spacial score (nSPS) is 18.1. The molecule has 1 atom stereocenters. The van der Waals surface area contributed by atoms with Gasteiger partial charge in [0.25, 0.3) is 5.91 Å². The number of nitrogens with zero attached hydrogens (tertiary/aromatic N) is 3. The summed E-state index contributed by atoms with van der Waals surface area (Å²) >= 11 is 1.42. The van der Waals surface area contributed by atoms with Gasteiger partial charge in [-0.1, -0.05) is 11.8 Å². The molecule has 0 aromatic carbocycles. The van der Waals surface area contributed by atoms with Crippen LogP contribution in [-0.4, -0.2) is 50.2 Å². The molecule has 0 bridgehead atoms. The first-order valence-corrected chi connectivity index (χ1v) is 8.21. The lowest BCUT2D eigenvalue weighted by Crippen LogP contribution is -2.42. The molecule has 1 aliphatic heterocycles. The molecule has 1 amide bonds. The molecular formula is C14H16N4O4S. The van der Waals surface area contributed by atoms with E-state index in [4.69, 9.17) is 9.52 Å². The van der Waals surface area contributed by atoms with Crippen molar-refractivity contribution in [2.24, 2.45) is 5.92 Å². The van der Waals surface area contributed by atoms with Crippen LogP contribution in [0.4, 0.5) is 0 Å². The quantitative estimate of drug-likeness (QED) is 0.798. The van der Waals surface area contributed by atoms with Crippen LogP contribution < -0.4 is 0 Å². The Bertz CT molecular complexity index is 685. The average Bonchev–Trinajstić information content (AvgIpc) is 3.24. The molecule has 2 N–H and O–H groups in total. The molecule has 9 heteroatoms. The van der Waals surface area contributed by atoms with Crippen LogP contribution in [-0.2, 0) is 10.5 Å². The Labute approximate surface area is 136 Å². The van der Waals surface area contributed by atoms with Gasteiger partial charge in [-0.3, -0.25) is 14.7 Å². The summed E-state index contributed by atoms with van der Waals surface area (Å²) in [6.07, 6.45) is 2.72. The maximum absolute atomic E-state index is 12.4. The first-order valence-electron chi connectivity index (χ1n) is 7.22. The topological polar surface area (TPSA) is 112 Å². The number of furan rings is 1. The number of rotatable bonds is 5. The third-order valence-electron chi connectivity index (χ3n) is 3.67. The van der Waals surface area contributed by atoms with Crippen LogP contribution in [0, 0.1) is 5.92 Å². The van der Waals surface area contributed by atoms with Crippen molar-refractivity contribution < 1.29 is 19.1 Å². The number of carboxylic acid groups (broad SMARTS) is 1. The summed E-state index contributed by atoms with van der Waals surface area (Å²) in [6, 6.07) is 3.37. The minimum Gasteiger partial charge on any atom is -0.481 e. The van der Waals surface area contributed by atoms with Crippen LogP contribution >= 0.6 is 11.8 Å². The molecule has 8 nitrogen and oxygen atoms in total. The molecule has 0 aliphatic carbocycles. The minimum atomic E-state index is -0.855. The number of aromatic nitrogens is 3. The molecule has 1 saturated heterocycles. The van der Waals surface area contributed by atoms with Gasteiger partial charge in [0.1, 0.15) is 12.1 Å². The van der Waals surface area contributed by atoms with Crippen molar-refractivity contribution in [3.05, 3.63) is 30.0 Å². The van der Waals surface area contributed by atoms with E-state index in [-0.39, 0.29) is 18.2 Å². The van der Waals surface area contributed by atoms with Crippen molar-refractivity contribution in [3.63, 3.8) is 0 Å². The molecule has 0 saturated carbocycles. The Morgan fingerprint density at radius 2 is 2.35 bits per heavy atom. The van der Waals surface area contributed by atoms with Crippen LogP contribution in [0.5, 0.6) is 0 Å². The van der Waals surface area contributed by atoms with Crippen LogP contribution in [0.3, 0.4) is 0 Å². The first-order chi connectivity index (χ1) is 11.1. The molecule has 2 aromatic rings. The van der Waals surface area contributed by atoms with Crippen molar-refractivity contribution in [2.45, 2.75) is 23.8 Å². The molecule has 1 fully saturated rings. The maximum atomic E-state index is 12.4. The summed E-state index contributed by atoms with van der Waals surface area (Å²) in [6.45, 7) is 0.794. The number of nitrogens with one attached hydrogen (secondary N) is 1. The number of hydrogen-bond acceptors (Lipinski definition) is 6. The molecule has 3 heterocycles. The van der Waals surface area contributed by atoms with Crippen molar-refractivity contribution in [3.8, 4) is 0 Å². The Kier molecular flexibility index (Phi) is 4.65. The number of carbonyl (C=O) groups is 2. The number of likely N-dealkylation sites (tertiary alicyclic amines) is 1. The number of aliphatic carboxylic acids is 1. The van der Waals surface area contributed by atoms with Gasteiger partial charge in [-0.05, 0) is 25.0 Å². The second-order valence-corrected chi connectivity index (χ2v) is 6.24. The van der Waals surface area contributed by atoms with E-state index < -0.39 is 11.9 Å². The summed E-state index contributed by atoms with van der Waals surface area (Å²) in [7, 11) is 0. The highest BCUT2D eigenvalue weighted by Gasteiger charge is 2.29. The maximum Gasteiger partial charge on any atom is 0.308 e. The molecule has 122 valence electrons. The van der Waals surface area contributed by atoms with Gasteiger partial charge < -0.3 is 14.4 Å². The van der Waals surface area contributed by atoms with E-state index in [0.717, 1.165) is 0 Å². The Balaban J connectivity index is 1.60. The third kappa shape index (κ3) is 3.73. The summed E-state index contributed by atoms with van der Waals surface area (Å²) < 4.78 is 5.57. The number of thioether (sulfide) groups is 1. The predicted octanol–water partition coefficient (Wildman–Crippen LogP) is 1.63. The zero-order valence-corrected chi connectivity index (χ0v) is 13.1. The number of carboxylic acids is 1. The zero-order valence-electron chi connectivity index (χ0n) is 12.3. The van der Waals surface area contributed by atoms with Gasteiger partial charge in [-0.25, -0.2) is 4.98 Å². The second-order valence-electron chi connectivity index (χ2n) is 5.27. The van der Waals surface area contributed by atoms with E-state index in [1.54, 1.807) is 17.0 Å². The number of carbonyl (C=O) groups excluding carboxylic acids is 1. The molecule has 0 spiro atoms. The van der Waals surface area contributed by atoms with Crippen molar-refractivity contribution >= 4 is 23.6 Å². The van der Waals surface area contributed by atoms with Gasteiger partial charge in [0.2, 0.25) is 0 Å². The minimum absolute atomic E-state index is 0.233. The van der Waals surface area contributed by atoms with E-state index in [1.165, 1.54) is 18.1 Å². The monoisotopic (exact) mass is 336 g/mol. The lowest BCUT2D eigenvalue weighted by atomic mass is 9.98. The molecule has 23 heavy (non-hydrogen) atoms. The lowest BCUT2D eigenvalue weighted by Gasteiger charge is -2.29. The predicted molar refractivity (Wildman–Crippen MR) is 80.9 cm³/mol. The van der Waals surface area contributed by atoms with E-state index in [9.17, 15) is 9.59 Å². The molecule has 2 aromatic heterocycles. The average molecular weight is 336 g/mol. The summed E-state index contributed by atoms with van der Waals surface area (Å²) in [5.74, 6) is -0.187. The van der Waals surface area contributed by atoms with E-state index in [1.807, 2.05) is 0 Å². The highest BCUT2D eigenvalue weighted by Crippen LogP contribution is 2.23. The van der Waals surface area contributed by atoms with Crippen molar-refractivity contribution in [1.29, 1.82) is 0 Å². The largest absolute Gasteiger partial charge is 0.481 e. The fourth-order valence-electron chi connectivity index (χ4n) is 2.49. The van der Waals surface area contributed by atoms with Crippen LogP contribution in [0.2, 0.25) is 0 Å². The van der Waals surface area contributed by atoms with Crippen molar-refractivity contribution in [2.75, 3.05) is 13.1 Å². The number of hydrogen-bond donors (Lipinski definition) is 2. The summed E-state index contributed by atoms with van der Waals surface area (Å²) in [4.78, 5) is 29.0. The van der Waals surface area contributed by atoms with Gasteiger partial charge >= 0.3 is 5.97 Å². The SMILES string of the molecule is O=C(O)C1CCCN(C(=O)c2ccc(CSc3ncn[nH]3)o2)C1. The second kappa shape index (κ2) is 6.86. The summed E-state index contributed by atoms with van der Waals surface area (Å²) in [5.41, 5.74) is 0. The lowest BCUT2D eigenvalue weighted by molar-refractivity contribution is -0.143. The molecular weight excluding hydrogens is 320 g/mol. The van der Waals surface area contributed by atoms with Gasteiger partial charge in [0, 0.05) is 13.1 Å². The number of H-pyrrole nitrogens is 1. The van der Waals surface area contributed by atoms with Gasteiger partial charge in [-0.15, -0.1) is 0 Å². The molecule has 0 radical (unpaired) electrons. The number of amides is 1. The Morgan fingerprint density at radius 1 is 1.48 bits per heavy atom. The Hall–Kier alpha value is -2.29. The van der Waals surface area contributed by atoms with Crippen LogP contribution in [0.1, 0.15) is 29.2 Å². The third-order valence-corrected chi connectivity index (χ3v) is 4.57. The fourth-order valence-corrected chi connectivity index (χ4v) is 3.17. The summed E-state index contributed by atoms with van der Waals surface area (Å²) in [5, 5.41) is 16.3. The smallest absolute Gasteiger partial charge is 0.308 e. The zero-order chi connectivity index (χ0) is 16.2. The molecule has 1 unspecified atom stereocenters.